The third-order valence-corrected chi connectivity index (χ3v) is 3.53. The van der Waals surface area contributed by atoms with E-state index >= 15 is 0 Å². The average Bonchev–Trinajstić information content (AvgIpc) is 2.31. The smallest absolute Gasteiger partial charge is 0.331 e. The van der Waals surface area contributed by atoms with Crippen molar-refractivity contribution in [3.63, 3.8) is 0 Å². The number of esters is 1. The van der Waals surface area contributed by atoms with Gasteiger partial charge in [-0.1, -0.05) is 5.57 Å². The van der Waals surface area contributed by atoms with E-state index in [-0.39, 0.29) is 11.6 Å². The second kappa shape index (κ2) is 5.63. The summed E-state index contributed by atoms with van der Waals surface area (Å²) >= 11 is 0. The molecule has 108 valence electrons. The Morgan fingerprint density at radius 1 is 1.26 bits per heavy atom. The summed E-state index contributed by atoms with van der Waals surface area (Å²) in [4.78, 5) is 11.7. The van der Waals surface area contributed by atoms with Gasteiger partial charge in [-0.3, -0.25) is 0 Å². The topological polar surface area (TPSA) is 44.8 Å². The zero-order valence-corrected chi connectivity index (χ0v) is 12.2. The molecule has 1 aliphatic heterocycles. The molecular formula is C15H24O4. The molecule has 2 fully saturated rings. The van der Waals surface area contributed by atoms with E-state index in [0.717, 1.165) is 31.3 Å². The largest absolute Gasteiger partial charge is 0.457 e. The van der Waals surface area contributed by atoms with E-state index < -0.39 is 5.60 Å². The molecule has 4 nitrogen and oxygen atoms in total. The highest BCUT2D eigenvalue weighted by Crippen LogP contribution is 2.36. The predicted molar refractivity (Wildman–Crippen MR) is 71.9 cm³/mol. The standard InChI is InChI=1S/C15H24O4/c1-14(2,3)19-13(16)10-12-4-6-15(7-5-12)11-17-8-9-18-15/h10H,4-9,11H2,1-3H3. The quantitative estimate of drug-likeness (QED) is 0.541. The Hall–Kier alpha value is -0.870. The predicted octanol–water partition coefficient (Wildman–Crippen LogP) is 2.61. The van der Waals surface area contributed by atoms with Crippen LogP contribution in [-0.2, 0) is 19.0 Å². The van der Waals surface area contributed by atoms with Crippen molar-refractivity contribution in [3.05, 3.63) is 11.6 Å². The van der Waals surface area contributed by atoms with Gasteiger partial charge in [-0.25, -0.2) is 4.79 Å². The van der Waals surface area contributed by atoms with Gasteiger partial charge in [0.2, 0.25) is 0 Å². The van der Waals surface area contributed by atoms with E-state index in [9.17, 15) is 4.79 Å². The third kappa shape index (κ3) is 4.32. The molecule has 1 spiro atoms. The molecule has 19 heavy (non-hydrogen) atoms. The van der Waals surface area contributed by atoms with Crippen LogP contribution in [0.1, 0.15) is 46.5 Å². The summed E-state index contributed by atoms with van der Waals surface area (Å²) < 4.78 is 16.7. The summed E-state index contributed by atoms with van der Waals surface area (Å²) in [5.74, 6) is -0.237. The fourth-order valence-corrected chi connectivity index (χ4v) is 2.57. The number of carbonyl (C=O) groups excluding carboxylic acids is 1. The molecule has 0 aromatic carbocycles. The number of allylic oxidation sites excluding steroid dienone is 1. The molecule has 0 amide bonds. The van der Waals surface area contributed by atoms with Gasteiger partial charge >= 0.3 is 5.97 Å². The van der Waals surface area contributed by atoms with Crippen LogP contribution in [0.15, 0.2) is 11.6 Å². The summed E-state index contributed by atoms with van der Waals surface area (Å²) in [6.45, 7) is 7.71. The molecule has 1 saturated heterocycles. The van der Waals surface area contributed by atoms with Crippen LogP contribution in [0.2, 0.25) is 0 Å². The Kier molecular flexibility index (Phi) is 4.31. The maximum atomic E-state index is 11.7. The van der Waals surface area contributed by atoms with Crippen molar-refractivity contribution in [1.29, 1.82) is 0 Å². The molecule has 1 heterocycles. The highest BCUT2D eigenvalue weighted by atomic mass is 16.6. The molecule has 2 aliphatic rings. The lowest BCUT2D eigenvalue weighted by Crippen LogP contribution is -2.44. The third-order valence-electron chi connectivity index (χ3n) is 3.53. The maximum absolute atomic E-state index is 11.7. The van der Waals surface area contributed by atoms with Crippen LogP contribution in [-0.4, -0.2) is 37.0 Å². The van der Waals surface area contributed by atoms with E-state index in [0.29, 0.717) is 19.8 Å². The molecule has 0 atom stereocenters. The molecule has 0 aromatic heterocycles. The van der Waals surface area contributed by atoms with Crippen molar-refractivity contribution in [2.45, 2.75) is 57.7 Å². The minimum atomic E-state index is -0.426. The maximum Gasteiger partial charge on any atom is 0.331 e. The first-order valence-electron chi connectivity index (χ1n) is 7.03. The lowest BCUT2D eigenvalue weighted by Gasteiger charge is -2.40. The van der Waals surface area contributed by atoms with E-state index in [1.807, 2.05) is 20.8 Å². The van der Waals surface area contributed by atoms with E-state index in [1.165, 1.54) is 0 Å². The monoisotopic (exact) mass is 268 g/mol. The first kappa shape index (κ1) is 14.5. The summed E-state index contributed by atoms with van der Waals surface area (Å²) in [6.07, 6.45) is 5.30. The molecule has 0 unspecified atom stereocenters. The Morgan fingerprint density at radius 3 is 2.47 bits per heavy atom. The molecule has 2 rings (SSSR count). The molecule has 0 aromatic rings. The van der Waals surface area contributed by atoms with Gasteiger partial charge in [0.15, 0.2) is 0 Å². The number of rotatable bonds is 1. The SMILES string of the molecule is CC(C)(C)OC(=O)C=C1CCC2(CC1)COCCO2. The molecule has 4 heteroatoms. The molecule has 0 radical (unpaired) electrons. The van der Waals surface area contributed by atoms with Crippen LogP contribution in [0.5, 0.6) is 0 Å². The highest BCUT2D eigenvalue weighted by molar-refractivity contribution is 5.83. The average molecular weight is 268 g/mol. The normalized spacial score (nSPS) is 28.3. The van der Waals surface area contributed by atoms with Crippen LogP contribution < -0.4 is 0 Å². The van der Waals surface area contributed by atoms with Crippen molar-refractivity contribution in [3.8, 4) is 0 Å². The lowest BCUT2D eigenvalue weighted by atomic mass is 9.82. The second-order valence-electron chi connectivity index (χ2n) is 6.42. The fraction of sp³-hybridized carbons (Fsp3) is 0.800. The van der Waals surface area contributed by atoms with E-state index in [2.05, 4.69) is 0 Å². The fourth-order valence-electron chi connectivity index (χ4n) is 2.57. The Morgan fingerprint density at radius 2 is 1.95 bits per heavy atom. The minimum Gasteiger partial charge on any atom is -0.457 e. The lowest BCUT2D eigenvalue weighted by molar-refractivity contribution is -0.167. The van der Waals surface area contributed by atoms with Gasteiger partial charge in [0.25, 0.3) is 0 Å². The van der Waals surface area contributed by atoms with Gasteiger partial charge in [-0.15, -0.1) is 0 Å². The van der Waals surface area contributed by atoms with Crippen molar-refractivity contribution in [1.82, 2.24) is 0 Å². The molecule has 1 saturated carbocycles. The van der Waals surface area contributed by atoms with E-state index in [1.54, 1.807) is 6.08 Å². The minimum absolute atomic E-state index is 0.108. The Bertz CT molecular complexity index is 347. The van der Waals surface area contributed by atoms with Gasteiger partial charge in [-0.2, -0.15) is 0 Å². The van der Waals surface area contributed by atoms with Crippen molar-refractivity contribution < 1.29 is 19.0 Å². The first-order chi connectivity index (χ1) is 8.89. The number of ether oxygens (including phenoxy) is 3. The van der Waals surface area contributed by atoms with Gasteiger partial charge in [-0.05, 0) is 46.5 Å². The summed E-state index contributed by atoms with van der Waals surface area (Å²) in [5.41, 5.74) is 0.627. The van der Waals surface area contributed by atoms with Gasteiger partial charge in [0.1, 0.15) is 5.60 Å². The van der Waals surface area contributed by atoms with Crippen molar-refractivity contribution >= 4 is 5.97 Å². The molecule has 0 N–H and O–H groups in total. The van der Waals surface area contributed by atoms with Gasteiger partial charge in [0.05, 0.1) is 25.4 Å². The molecular weight excluding hydrogens is 244 g/mol. The van der Waals surface area contributed by atoms with Gasteiger partial charge in [0, 0.05) is 6.08 Å². The molecule has 0 bridgehead atoms. The molecule has 1 aliphatic carbocycles. The van der Waals surface area contributed by atoms with Crippen LogP contribution in [0.4, 0.5) is 0 Å². The number of hydrogen-bond acceptors (Lipinski definition) is 4. The van der Waals surface area contributed by atoms with Crippen LogP contribution in [0.25, 0.3) is 0 Å². The summed E-state index contributed by atoms with van der Waals surface area (Å²) in [5, 5.41) is 0. The van der Waals surface area contributed by atoms with Crippen LogP contribution in [0.3, 0.4) is 0 Å². The van der Waals surface area contributed by atoms with Crippen molar-refractivity contribution in [2.24, 2.45) is 0 Å². The van der Waals surface area contributed by atoms with E-state index in [4.69, 9.17) is 14.2 Å². The Balaban J connectivity index is 1.87. The Labute approximate surface area is 115 Å². The summed E-state index contributed by atoms with van der Waals surface area (Å²) in [7, 11) is 0. The van der Waals surface area contributed by atoms with Crippen LogP contribution in [0, 0.1) is 0 Å². The van der Waals surface area contributed by atoms with Crippen LogP contribution >= 0.6 is 0 Å². The number of hydrogen-bond donors (Lipinski definition) is 0. The summed E-state index contributed by atoms with van der Waals surface area (Å²) in [6, 6.07) is 0. The number of carbonyl (C=O) groups is 1. The zero-order valence-electron chi connectivity index (χ0n) is 12.2. The highest BCUT2D eigenvalue weighted by Gasteiger charge is 2.36. The van der Waals surface area contributed by atoms with Crippen molar-refractivity contribution in [2.75, 3.05) is 19.8 Å². The first-order valence-corrected chi connectivity index (χ1v) is 7.03. The second-order valence-corrected chi connectivity index (χ2v) is 6.42. The van der Waals surface area contributed by atoms with Gasteiger partial charge < -0.3 is 14.2 Å². The zero-order chi connectivity index (χ0) is 13.9.